The molecule has 1 aromatic rings. The van der Waals surface area contributed by atoms with E-state index < -0.39 is 0 Å². The highest BCUT2D eigenvalue weighted by Crippen LogP contribution is 2.16. The van der Waals surface area contributed by atoms with Gasteiger partial charge in [0.05, 0.1) is 0 Å². The highest BCUT2D eigenvalue weighted by atomic mass is 14.0. The van der Waals surface area contributed by atoms with E-state index in [9.17, 15) is 0 Å². The molecule has 0 atom stereocenters. The standard InChI is InChI=1S/C13H18/c1-10(2)8-12-6-5-7-13(9-12)11(3)4/h5-7,9,11H,1,8H2,2-4H3. The molecule has 0 aliphatic carbocycles. The third-order valence-corrected chi connectivity index (χ3v) is 2.12. The van der Waals surface area contributed by atoms with Gasteiger partial charge >= 0.3 is 0 Å². The fourth-order valence-corrected chi connectivity index (χ4v) is 1.41. The van der Waals surface area contributed by atoms with Crippen LogP contribution in [0.2, 0.25) is 0 Å². The third kappa shape index (κ3) is 3.06. The van der Waals surface area contributed by atoms with E-state index in [1.807, 2.05) is 0 Å². The van der Waals surface area contributed by atoms with E-state index in [1.165, 1.54) is 16.7 Å². The predicted molar refractivity (Wildman–Crippen MR) is 59.0 cm³/mol. The smallest absolute Gasteiger partial charge is 0.00725 e. The fourth-order valence-electron chi connectivity index (χ4n) is 1.41. The summed E-state index contributed by atoms with van der Waals surface area (Å²) in [6.07, 6.45) is 1.00. The Morgan fingerprint density at radius 3 is 2.62 bits per heavy atom. The van der Waals surface area contributed by atoms with Crippen LogP contribution in [0.5, 0.6) is 0 Å². The number of allylic oxidation sites excluding steroid dienone is 1. The van der Waals surface area contributed by atoms with Gasteiger partial charge in [0.15, 0.2) is 0 Å². The van der Waals surface area contributed by atoms with Crippen molar-refractivity contribution in [1.82, 2.24) is 0 Å². The minimum absolute atomic E-state index is 0.616. The molecule has 0 nitrogen and oxygen atoms in total. The predicted octanol–water partition coefficient (Wildman–Crippen LogP) is 3.93. The monoisotopic (exact) mass is 174 g/mol. The van der Waals surface area contributed by atoms with Gasteiger partial charge in [-0.15, -0.1) is 0 Å². The van der Waals surface area contributed by atoms with Crippen LogP contribution in [0.25, 0.3) is 0 Å². The highest BCUT2D eigenvalue weighted by Gasteiger charge is 1.99. The Balaban J connectivity index is 2.85. The number of hydrogen-bond donors (Lipinski definition) is 0. The molecule has 0 fully saturated rings. The third-order valence-electron chi connectivity index (χ3n) is 2.12. The van der Waals surface area contributed by atoms with Gasteiger partial charge in [-0.25, -0.2) is 0 Å². The van der Waals surface area contributed by atoms with Gasteiger partial charge in [0.2, 0.25) is 0 Å². The molecular formula is C13H18. The molecular weight excluding hydrogens is 156 g/mol. The summed E-state index contributed by atoms with van der Waals surface area (Å²) in [6.45, 7) is 10.4. The zero-order valence-electron chi connectivity index (χ0n) is 8.80. The summed E-state index contributed by atoms with van der Waals surface area (Å²) in [6, 6.07) is 8.76. The van der Waals surface area contributed by atoms with Crippen LogP contribution in [0.4, 0.5) is 0 Å². The Morgan fingerprint density at radius 1 is 1.38 bits per heavy atom. The molecule has 0 aromatic heterocycles. The molecule has 0 bridgehead atoms. The molecule has 0 amide bonds. The van der Waals surface area contributed by atoms with Crippen LogP contribution in [0.1, 0.15) is 37.8 Å². The molecule has 70 valence electrons. The quantitative estimate of drug-likeness (QED) is 0.609. The second-order valence-corrected chi connectivity index (χ2v) is 4.03. The van der Waals surface area contributed by atoms with Crippen LogP contribution in [-0.4, -0.2) is 0 Å². The number of benzene rings is 1. The molecule has 0 saturated heterocycles. The molecule has 0 unspecified atom stereocenters. The normalized spacial score (nSPS) is 10.5. The van der Waals surface area contributed by atoms with Gasteiger partial charge in [0, 0.05) is 0 Å². The van der Waals surface area contributed by atoms with E-state index in [0.717, 1.165) is 6.42 Å². The molecule has 1 aromatic carbocycles. The van der Waals surface area contributed by atoms with Gasteiger partial charge in [-0.1, -0.05) is 50.3 Å². The molecule has 0 spiro atoms. The van der Waals surface area contributed by atoms with Crippen molar-refractivity contribution in [3.8, 4) is 0 Å². The molecule has 13 heavy (non-hydrogen) atoms. The van der Waals surface area contributed by atoms with E-state index in [4.69, 9.17) is 0 Å². The van der Waals surface area contributed by atoms with Gasteiger partial charge in [-0.2, -0.15) is 0 Å². The molecule has 0 aliphatic rings. The summed E-state index contributed by atoms with van der Waals surface area (Å²) in [4.78, 5) is 0. The molecule has 1 rings (SSSR count). The maximum Gasteiger partial charge on any atom is -0.00725 e. The van der Waals surface area contributed by atoms with Gasteiger partial charge in [-0.3, -0.25) is 0 Å². The lowest BCUT2D eigenvalue weighted by atomic mass is 9.98. The first kappa shape index (κ1) is 10.0. The first-order valence-electron chi connectivity index (χ1n) is 4.83. The van der Waals surface area contributed by atoms with E-state index in [0.29, 0.717) is 5.92 Å². The molecule has 0 aliphatic heterocycles. The van der Waals surface area contributed by atoms with E-state index >= 15 is 0 Å². The first-order chi connectivity index (χ1) is 6.09. The van der Waals surface area contributed by atoms with Crippen molar-refractivity contribution < 1.29 is 0 Å². The average molecular weight is 174 g/mol. The maximum atomic E-state index is 3.92. The zero-order valence-corrected chi connectivity index (χ0v) is 8.80. The van der Waals surface area contributed by atoms with Gasteiger partial charge < -0.3 is 0 Å². The number of hydrogen-bond acceptors (Lipinski definition) is 0. The Bertz CT molecular complexity index is 295. The maximum absolute atomic E-state index is 3.92. The number of rotatable bonds is 3. The summed E-state index contributed by atoms with van der Waals surface area (Å²) in [7, 11) is 0. The summed E-state index contributed by atoms with van der Waals surface area (Å²) >= 11 is 0. The summed E-state index contributed by atoms with van der Waals surface area (Å²) in [5.41, 5.74) is 4.01. The first-order valence-corrected chi connectivity index (χ1v) is 4.83. The molecule has 0 radical (unpaired) electrons. The second kappa shape index (κ2) is 4.27. The summed E-state index contributed by atoms with van der Waals surface area (Å²) < 4.78 is 0. The molecule has 0 heterocycles. The van der Waals surface area contributed by atoms with Gasteiger partial charge in [0.1, 0.15) is 0 Å². The summed E-state index contributed by atoms with van der Waals surface area (Å²) in [5, 5.41) is 0. The van der Waals surface area contributed by atoms with Crippen LogP contribution in [-0.2, 0) is 6.42 Å². The van der Waals surface area contributed by atoms with Crippen molar-refractivity contribution >= 4 is 0 Å². The second-order valence-electron chi connectivity index (χ2n) is 4.03. The van der Waals surface area contributed by atoms with Crippen molar-refractivity contribution in [1.29, 1.82) is 0 Å². The van der Waals surface area contributed by atoms with Crippen molar-refractivity contribution in [2.75, 3.05) is 0 Å². The largest absolute Gasteiger partial charge is 0.0998 e. The molecule has 0 saturated carbocycles. The molecule has 0 N–H and O–H groups in total. The van der Waals surface area contributed by atoms with Gasteiger partial charge in [-0.05, 0) is 30.4 Å². The summed E-state index contributed by atoms with van der Waals surface area (Å²) in [5.74, 6) is 0.616. The Labute approximate surface area is 81.3 Å². The fraction of sp³-hybridized carbons (Fsp3) is 0.385. The van der Waals surface area contributed by atoms with Gasteiger partial charge in [0.25, 0.3) is 0 Å². The van der Waals surface area contributed by atoms with E-state index in [-0.39, 0.29) is 0 Å². The van der Waals surface area contributed by atoms with Crippen molar-refractivity contribution in [3.63, 3.8) is 0 Å². The van der Waals surface area contributed by atoms with Crippen LogP contribution >= 0.6 is 0 Å². The van der Waals surface area contributed by atoms with Crippen LogP contribution in [0, 0.1) is 0 Å². The minimum Gasteiger partial charge on any atom is -0.0998 e. The van der Waals surface area contributed by atoms with Crippen LogP contribution in [0.15, 0.2) is 36.4 Å². The highest BCUT2D eigenvalue weighted by molar-refractivity contribution is 5.28. The topological polar surface area (TPSA) is 0 Å². The Morgan fingerprint density at radius 2 is 2.08 bits per heavy atom. The average Bonchev–Trinajstić information content (AvgIpc) is 2.03. The van der Waals surface area contributed by atoms with Crippen molar-refractivity contribution in [3.05, 3.63) is 47.5 Å². The van der Waals surface area contributed by atoms with Crippen molar-refractivity contribution in [2.45, 2.75) is 33.1 Å². The van der Waals surface area contributed by atoms with E-state index in [2.05, 4.69) is 51.6 Å². The zero-order chi connectivity index (χ0) is 9.84. The Kier molecular flexibility index (Phi) is 3.30. The van der Waals surface area contributed by atoms with Crippen LogP contribution in [0.3, 0.4) is 0 Å². The van der Waals surface area contributed by atoms with E-state index in [1.54, 1.807) is 0 Å². The molecule has 0 heteroatoms. The Hall–Kier alpha value is -1.04. The minimum atomic E-state index is 0.616. The van der Waals surface area contributed by atoms with Crippen LogP contribution < -0.4 is 0 Å². The lowest BCUT2D eigenvalue weighted by molar-refractivity contribution is 0.863. The lowest BCUT2D eigenvalue weighted by Gasteiger charge is -2.07. The van der Waals surface area contributed by atoms with Crippen molar-refractivity contribution in [2.24, 2.45) is 0 Å². The SMILES string of the molecule is C=C(C)Cc1cccc(C(C)C)c1. The lowest BCUT2D eigenvalue weighted by Crippen LogP contribution is -1.91.